The molecule has 0 radical (unpaired) electrons. The lowest BCUT2D eigenvalue weighted by Gasteiger charge is -2.36. The Morgan fingerprint density at radius 1 is 1.29 bits per heavy atom. The highest BCUT2D eigenvalue weighted by molar-refractivity contribution is 6.04. The molecule has 2 heterocycles. The van der Waals surface area contributed by atoms with Gasteiger partial charge in [0.2, 0.25) is 0 Å². The molecular formula is C18H24N4O2. The van der Waals surface area contributed by atoms with Crippen LogP contribution < -0.4 is 5.32 Å². The fourth-order valence-electron chi connectivity index (χ4n) is 3.14. The molecule has 2 aromatic rings. The summed E-state index contributed by atoms with van der Waals surface area (Å²) in [6.45, 7) is 7.12. The predicted octanol–water partition coefficient (Wildman–Crippen LogP) is 1.98. The van der Waals surface area contributed by atoms with Crippen LogP contribution in [0.4, 0.5) is 5.69 Å². The highest BCUT2D eigenvalue weighted by Crippen LogP contribution is 2.26. The minimum atomic E-state index is -0.956. The number of carboxylic acids is 1. The average Bonchev–Trinajstić information content (AvgIpc) is 2.59. The highest BCUT2D eigenvalue weighted by atomic mass is 16.4. The fourth-order valence-corrected chi connectivity index (χ4v) is 3.14. The maximum atomic E-state index is 11.6. The van der Waals surface area contributed by atoms with Gasteiger partial charge in [-0.2, -0.15) is 0 Å². The predicted molar refractivity (Wildman–Crippen MR) is 95.7 cm³/mol. The normalized spacial score (nSPS) is 17.8. The Morgan fingerprint density at radius 2 is 2.00 bits per heavy atom. The summed E-state index contributed by atoms with van der Waals surface area (Å²) in [5, 5.41) is 13.7. The van der Waals surface area contributed by atoms with E-state index in [0.717, 1.165) is 37.1 Å². The molecule has 128 valence electrons. The fraction of sp³-hybridized carbons (Fsp3) is 0.444. The standard InChI is InChI=1S/C18H24N4O2/c1-13(22-9-7-21(2)8-10-22)11-20-17-14-5-3-4-6-16(14)19-12-15(17)18(23)24/h3-6,12-13H,7-11H2,1-2H3,(H,19,20)(H,23,24). The zero-order valence-corrected chi connectivity index (χ0v) is 14.2. The van der Waals surface area contributed by atoms with Gasteiger partial charge >= 0.3 is 5.97 Å². The van der Waals surface area contributed by atoms with Crippen LogP contribution in [0.25, 0.3) is 10.9 Å². The Kier molecular flexibility index (Phi) is 4.97. The molecule has 0 saturated carbocycles. The van der Waals surface area contributed by atoms with Crippen molar-refractivity contribution in [2.45, 2.75) is 13.0 Å². The molecule has 1 aromatic carbocycles. The molecule has 0 aliphatic carbocycles. The largest absolute Gasteiger partial charge is 0.478 e. The molecule has 1 atom stereocenters. The summed E-state index contributed by atoms with van der Waals surface area (Å²) in [6.07, 6.45) is 1.44. The van der Waals surface area contributed by atoms with Gasteiger partial charge in [-0.1, -0.05) is 18.2 Å². The lowest BCUT2D eigenvalue weighted by atomic mass is 10.1. The highest BCUT2D eigenvalue weighted by Gasteiger charge is 2.20. The number of carboxylic acid groups (broad SMARTS) is 1. The Hall–Kier alpha value is -2.18. The molecule has 0 spiro atoms. The van der Waals surface area contributed by atoms with Crippen LogP contribution in [0.5, 0.6) is 0 Å². The smallest absolute Gasteiger partial charge is 0.339 e. The third-order valence-corrected chi connectivity index (χ3v) is 4.74. The van der Waals surface area contributed by atoms with Crippen molar-refractivity contribution >= 4 is 22.6 Å². The molecule has 2 N–H and O–H groups in total. The number of likely N-dealkylation sites (N-methyl/N-ethyl adjacent to an activating group) is 1. The first-order valence-electron chi connectivity index (χ1n) is 8.34. The van der Waals surface area contributed by atoms with Gasteiger partial charge in [0.1, 0.15) is 5.56 Å². The second-order valence-corrected chi connectivity index (χ2v) is 6.44. The quantitative estimate of drug-likeness (QED) is 0.875. The van der Waals surface area contributed by atoms with E-state index >= 15 is 0 Å². The first-order chi connectivity index (χ1) is 11.6. The second kappa shape index (κ2) is 7.15. The number of hydrogen-bond donors (Lipinski definition) is 2. The van der Waals surface area contributed by atoms with Crippen molar-refractivity contribution in [1.29, 1.82) is 0 Å². The molecule has 3 rings (SSSR count). The summed E-state index contributed by atoms with van der Waals surface area (Å²) < 4.78 is 0. The van der Waals surface area contributed by atoms with Crippen LogP contribution in [0.15, 0.2) is 30.5 Å². The number of aromatic carboxylic acids is 1. The molecule has 1 unspecified atom stereocenters. The Bertz CT molecular complexity index is 726. The van der Waals surface area contributed by atoms with E-state index < -0.39 is 5.97 Å². The van der Waals surface area contributed by atoms with E-state index in [9.17, 15) is 9.90 Å². The van der Waals surface area contributed by atoms with Gasteiger partial charge in [0.25, 0.3) is 0 Å². The van der Waals surface area contributed by atoms with Crippen molar-refractivity contribution in [1.82, 2.24) is 14.8 Å². The van der Waals surface area contributed by atoms with Gasteiger partial charge in [-0.05, 0) is 20.0 Å². The minimum absolute atomic E-state index is 0.222. The maximum Gasteiger partial charge on any atom is 0.339 e. The van der Waals surface area contributed by atoms with Gasteiger partial charge in [0.05, 0.1) is 11.2 Å². The van der Waals surface area contributed by atoms with Crippen molar-refractivity contribution < 1.29 is 9.90 Å². The Labute approximate surface area is 142 Å². The molecular weight excluding hydrogens is 304 g/mol. The molecule has 1 fully saturated rings. The van der Waals surface area contributed by atoms with Crippen molar-refractivity contribution in [2.75, 3.05) is 45.1 Å². The summed E-state index contributed by atoms with van der Waals surface area (Å²) in [7, 11) is 2.14. The minimum Gasteiger partial charge on any atom is -0.478 e. The number of fused-ring (bicyclic) bond motifs is 1. The number of hydrogen-bond acceptors (Lipinski definition) is 5. The van der Waals surface area contributed by atoms with Gasteiger partial charge in [-0.3, -0.25) is 9.88 Å². The topological polar surface area (TPSA) is 68.7 Å². The zero-order chi connectivity index (χ0) is 17.1. The lowest BCUT2D eigenvalue weighted by Crippen LogP contribution is -2.49. The average molecular weight is 328 g/mol. The number of anilines is 1. The van der Waals surface area contributed by atoms with E-state index in [1.165, 1.54) is 6.20 Å². The summed E-state index contributed by atoms with van der Waals surface area (Å²) in [5.41, 5.74) is 1.69. The number of piperazine rings is 1. The Balaban J connectivity index is 1.78. The first kappa shape index (κ1) is 16.7. The number of nitrogens with zero attached hydrogens (tertiary/aromatic N) is 3. The molecule has 1 saturated heterocycles. The molecule has 24 heavy (non-hydrogen) atoms. The van der Waals surface area contributed by atoms with Crippen molar-refractivity contribution in [3.05, 3.63) is 36.0 Å². The Morgan fingerprint density at radius 3 is 2.71 bits per heavy atom. The number of rotatable bonds is 5. The van der Waals surface area contributed by atoms with Crippen LogP contribution in [0.2, 0.25) is 0 Å². The van der Waals surface area contributed by atoms with Crippen LogP contribution in [0.3, 0.4) is 0 Å². The van der Waals surface area contributed by atoms with Crippen LogP contribution in [-0.2, 0) is 0 Å². The van der Waals surface area contributed by atoms with Crippen LogP contribution >= 0.6 is 0 Å². The van der Waals surface area contributed by atoms with E-state index in [1.807, 2.05) is 24.3 Å². The maximum absolute atomic E-state index is 11.6. The molecule has 0 amide bonds. The zero-order valence-electron chi connectivity index (χ0n) is 14.2. The van der Waals surface area contributed by atoms with Gasteiger partial charge in [0.15, 0.2) is 0 Å². The van der Waals surface area contributed by atoms with Crippen LogP contribution in [0.1, 0.15) is 17.3 Å². The first-order valence-corrected chi connectivity index (χ1v) is 8.34. The van der Waals surface area contributed by atoms with Gasteiger partial charge < -0.3 is 15.3 Å². The molecule has 1 aliphatic heterocycles. The number of nitrogens with one attached hydrogen (secondary N) is 1. The van der Waals surface area contributed by atoms with E-state index in [0.29, 0.717) is 18.3 Å². The van der Waals surface area contributed by atoms with Crippen molar-refractivity contribution in [2.24, 2.45) is 0 Å². The van der Waals surface area contributed by atoms with Crippen LogP contribution in [-0.4, -0.2) is 71.7 Å². The van der Waals surface area contributed by atoms with Gasteiger partial charge in [-0.15, -0.1) is 0 Å². The summed E-state index contributed by atoms with van der Waals surface area (Å²) in [4.78, 5) is 20.6. The lowest BCUT2D eigenvalue weighted by molar-refractivity contribution is 0.0697. The third-order valence-electron chi connectivity index (χ3n) is 4.74. The number of aromatic nitrogens is 1. The second-order valence-electron chi connectivity index (χ2n) is 6.44. The SMILES string of the molecule is CC(CNc1c(C(=O)O)cnc2ccccc12)N1CCN(C)CC1. The molecule has 0 bridgehead atoms. The van der Waals surface area contributed by atoms with Crippen molar-refractivity contribution in [3.8, 4) is 0 Å². The number of para-hydroxylation sites is 1. The van der Waals surface area contributed by atoms with E-state index in [2.05, 4.69) is 34.1 Å². The summed E-state index contributed by atoms with van der Waals surface area (Å²) in [6, 6.07) is 7.97. The number of benzene rings is 1. The summed E-state index contributed by atoms with van der Waals surface area (Å²) in [5.74, 6) is -0.956. The number of carbonyl (C=O) groups is 1. The van der Waals surface area contributed by atoms with Crippen LogP contribution in [0, 0.1) is 0 Å². The van der Waals surface area contributed by atoms with E-state index in [-0.39, 0.29) is 5.56 Å². The van der Waals surface area contributed by atoms with Crippen molar-refractivity contribution in [3.63, 3.8) is 0 Å². The van der Waals surface area contributed by atoms with Gasteiger partial charge in [-0.25, -0.2) is 4.79 Å². The molecule has 1 aromatic heterocycles. The molecule has 1 aliphatic rings. The monoisotopic (exact) mass is 328 g/mol. The summed E-state index contributed by atoms with van der Waals surface area (Å²) >= 11 is 0. The molecule has 6 heteroatoms. The third kappa shape index (κ3) is 3.49. The van der Waals surface area contributed by atoms with Gasteiger partial charge in [0, 0.05) is 50.3 Å². The number of pyridine rings is 1. The molecule has 6 nitrogen and oxygen atoms in total. The van der Waals surface area contributed by atoms with E-state index in [4.69, 9.17) is 0 Å². The van der Waals surface area contributed by atoms with E-state index in [1.54, 1.807) is 0 Å².